The first-order valence-electron chi connectivity index (χ1n) is 11.7. The highest BCUT2D eigenvalue weighted by Crippen LogP contribution is 2.48. The number of methoxy groups -OCH3 is 1. The molecule has 1 aromatic carbocycles. The van der Waals surface area contributed by atoms with Gasteiger partial charge < -0.3 is 18.3 Å². The van der Waals surface area contributed by atoms with Crippen LogP contribution in [0.3, 0.4) is 0 Å². The predicted molar refractivity (Wildman–Crippen MR) is 141 cm³/mol. The van der Waals surface area contributed by atoms with Crippen LogP contribution in [0.25, 0.3) is 0 Å². The molecule has 0 radical (unpaired) electrons. The van der Waals surface area contributed by atoms with Crippen LogP contribution in [0.15, 0.2) is 47.2 Å². The highest BCUT2D eigenvalue weighted by atomic mass is 32.2. The standard InChI is InChI=1S/C25H42O5SSi2/c1-20(2)24(18-21(26)17-23(27-3)28-32(4,5)6)15-16-25(29-24,30-33(7,8)9)19-31-22-13-11-10-12-14-22/h10-14,17,20H,15-16,18-19H2,1-9H3/b23-17-. The number of ether oxygens (including phenoxy) is 2. The highest BCUT2D eigenvalue weighted by molar-refractivity contribution is 7.99. The lowest BCUT2D eigenvalue weighted by molar-refractivity contribution is -0.210. The van der Waals surface area contributed by atoms with Crippen molar-refractivity contribution in [2.45, 2.75) is 88.7 Å². The second kappa shape index (κ2) is 11.1. The quantitative estimate of drug-likeness (QED) is 0.133. The maximum absolute atomic E-state index is 13.1. The third-order valence-electron chi connectivity index (χ3n) is 5.42. The van der Waals surface area contributed by atoms with Crippen LogP contribution in [0, 0.1) is 5.92 Å². The van der Waals surface area contributed by atoms with E-state index in [9.17, 15) is 4.79 Å². The van der Waals surface area contributed by atoms with Crippen molar-refractivity contribution in [3.8, 4) is 0 Å². The second-order valence-electron chi connectivity index (χ2n) is 11.1. The first-order valence-corrected chi connectivity index (χ1v) is 19.5. The van der Waals surface area contributed by atoms with Gasteiger partial charge in [-0.3, -0.25) is 4.79 Å². The highest BCUT2D eigenvalue weighted by Gasteiger charge is 2.53. The van der Waals surface area contributed by atoms with E-state index in [0.717, 1.165) is 12.8 Å². The molecule has 1 aliphatic heterocycles. The van der Waals surface area contributed by atoms with E-state index in [2.05, 4.69) is 65.3 Å². The van der Waals surface area contributed by atoms with Crippen LogP contribution < -0.4 is 0 Å². The number of thioether (sulfide) groups is 1. The van der Waals surface area contributed by atoms with E-state index in [1.807, 2.05) is 18.2 Å². The van der Waals surface area contributed by atoms with Crippen LogP contribution in [-0.2, 0) is 23.1 Å². The average molecular weight is 511 g/mol. The van der Waals surface area contributed by atoms with Crippen LogP contribution in [-0.4, -0.2) is 46.7 Å². The van der Waals surface area contributed by atoms with Crippen LogP contribution in [0.4, 0.5) is 0 Å². The van der Waals surface area contributed by atoms with E-state index >= 15 is 0 Å². The molecule has 1 aromatic rings. The molecule has 0 N–H and O–H groups in total. The summed E-state index contributed by atoms with van der Waals surface area (Å²) in [7, 11) is -2.24. The predicted octanol–water partition coefficient (Wildman–Crippen LogP) is 6.83. The van der Waals surface area contributed by atoms with Gasteiger partial charge in [-0.05, 0) is 63.8 Å². The zero-order valence-corrected chi connectivity index (χ0v) is 24.6. The number of allylic oxidation sites excluding steroid dienone is 1. The molecule has 33 heavy (non-hydrogen) atoms. The Kier molecular flexibility index (Phi) is 9.49. The van der Waals surface area contributed by atoms with E-state index in [4.69, 9.17) is 18.3 Å². The summed E-state index contributed by atoms with van der Waals surface area (Å²) in [5.74, 6) is 0.409. The number of rotatable bonds is 12. The SMILES string of the molecule is CO/C(=C/C(=O)CC1(C(C)C)CCC(CSc2ccccc2)(O[Si](C)(C)C)O1)O[Si](C)(C)C. The van der Waals surface area contributed by atoms with Gasteiger partial charge in [0.2, 0.25) is 8.32 Å². The monoisotopic (exact) mass is 510 g/mol. The summed E-state index contributed by atoms with van der Waals surface area (Å²) in [4.78, 5) is 14.3. The molecule has 0 aliphatic carbocycles. The van der Waals surface area contributed by atoms with Gasteiger partial charge in [-0.25, -0.2) is 0 Å². The largest absolute Gasteiger partial charge is 0.520 e. The summed E-state index contributed by atoms with van der Waals surface area (Å²) in [6.07, 6.45) is 3.32. The fraction of sp³-hybridized carbons (Fsp3) is 0.640. The Morgan fingerprint density at radius 3 is 2.24 bits per heavy atom. The van der Waals surface area contributed by atoms with Gasteiger partial charge in [0, 0.05) is 17.7 Å². The molecule has 2 atom stereocenters. The molecule has 186 valence electrons. The summed E-state index contributed by atoms with van der Waals surface area (Å²) in [5, 5.41) is 0. The lowest BCUT2D eigenvalue weighted by Gasteiger charge is -2.40. The van der Waals surface area contributed by atoms with Gasteiger partial charge in [-0.1, -0.05) is 32.0 Å². The third-order valence-corrected chi connectivity index (χ3v) is 8.41. The van der Waals surface area contributed by atoms with Crippen LogP contribution in [0.2, 0.25) is 39.3 Å². The molecule has 0 amide bonds. The molecule has 1 aliphatic rings. The Morgan fingerprint density at radius 2 is 1.73 bits per heavy atom. The number of carbonyl (C=O) groups is 1. The minimum atomic E-state index is -1.90. The Morgan fingerprint density at radius 1 is 1.09 bits per heavy atom. The molecule has 2 rings (SSSR count). The minimum absolute atomic E-state index is 0.0432. The van der Waals surface area contributed by atoms with Crippen molar-refractivity contribution < 1.29 is 23.1 Å². The first-order chi connectivity index (χ1) is 15.2. The van der Waals surface area contributed by atoms with Crippen molar-refractivity contribution >= 4 is 34.2 Å². The van der Waals surface area contributed by atoms with Crippen molar-refractivity contribution in [1.82, 2.24) is 0 Å². The fourth-order valence-corrected chi connectivity index (χ4v) is 7.17. The van der Waals surface area contributed by atoms with Crippen molar-refractivity contribution in [3.63, 3.8) is 0 Å². The molecular weight excluding hydrogens is 469 g/mol. The van der Waals surface area contributed by atoms with Crippen molar-refractivity contribution in [3.05, 3.63) is 42.4 Å². The normalized spacial score (nSPS) is 24.2. The third kappa shape index (κ3) is 8.90. The summed E-state index contributed by atoms with van der Waals surface area (Å²) in [5.41, 5.74) is -0.581. The van der Waals surface area contributed by atoms with Gasteiger partial charge in [-0.15, -0.1) is 11.8 Å². The molecule has 1 saturated heterocycles. The first kappa shape index (κ1) is 28.2. The van der Waals surface area contributed by atoms with Gasteiger partial charge in [0.1, 0.15) is 0 Å². The minimum Gasteiger partial charge on any atom is -0.520 e. The number of carbonyl (C=O) groups excluding carboxylic acids is 1. The van der Waals surface area contributed by atoms with E-state index in [-0.39, 0.29) is 18.1 Å². The fourth-order valence-electron chi connectivity index (χ4n) is 3.99. The van der Waals surface area contributed by atoms with Gasteiger partial charge in [0.25, 0.3) is 5.95 Å². The van der Waals surface area contributed by atoms with Gasteiger partial charge in [0.05, 0.1) is 24.5 Å². The van der Waals surface area contributed by atoms with Crippen molar-refractivity contribution in [2.75, 3.05) is 12.9 Å². The van der Waals surface area contributed by atoms with E-state index in [0.29, 0.717) is 11.7 Å². The molecule has 2 unspecified atom stereocenters. The lowest BCUT2D eigenvalue weighted by atomic mass is 9.83. The summed E-state index contributed by atoms with van der Waals surface area (Å²) >= 11 is 1.75. The van der Waals surface area contributed by atoms with Crippen LogP contribution in [0.5, 0.6) is 0 Å². The number of ketones is 1. The topological polar surface area (TPSA) is 54.0 Å². The molecule has 1 heterocycles. The van der Waals surface area contributed by atoms with Crippen LogP contribution in [0.1, 0.15) is 33.1 Å². The maximum Gasteiger partial charge on any atom is 0.268 e. The Labute approximate surface area is 206 Å². The lowest BCUT2D eigenvalue weighted by Crippen LogP contribution is -2.48. The molecular formula is C25H42O5SSi2. The average Bonchev–Trinajstić information content (AvgIpc) is 3.03. The number of benzene rings is 1. The van der Waals surface area contributed by atoms with Gasteiger partial charge >= 0.3 is 0 Å². The van der Waals surface area contributed by atoms with E-state index < -0.39 is 28.0 Å². The molecule has 8 heteroatoms. The summed E-state index contributed by atoms with van der Waals surface area (Å²) < 4.78 is 24.8. The number of hydrogen-bond acceptors (Lipinski definition) is 6. The molecule has 0 saturated carbocycles. The number of hydrogen-bond donors (Lipinski definition) is 0. The van der Waals surface area contributed by atoms with Gasteiger partial charge in [-0.2, -0.15) is 0 Å². The van der Waals surface area contributed by atoms with E-state index in [1.165, 1.54) is 18.1 Å². The maximum atomic E-state index is 13.1. The smallest absolute Gasteiger partial charge is 0.268 e. The zero-order valence-electron chi connectivity index (χ0n) is 21.8. The molecule has 0 spiro atoms. The Balaban J connectivity index is 2.25. The van der Waals surface area contributed by atoms with Crippen molar-refractivity contribution in [2.24, 2.45) is 5.92 Å². The molecule has 0 bridgehead atoms. The van der Waals surface area contributed by atoms with Crippen LogP contribution >= 0.6 is 11.8 Å². The molecule has 0 aromatic heterocycles. The molecule has 1 fully saturated rings. The van der Waals surface area contributed by atoms with E-state index in [1.54, 1.807) is 11.8 Å². The Bertz CT molecular complexity index is 816. The zero-order chi connectivity index (χ0) is 24.9. The summed E-state index contributed by atoms with van der Waals surface area (Å²) in [6, 6.07) is 10.3. The van der Waals surface area contributed by atoms with Gasteiger partial charge in [0.15, 0.2) is 19.9 Å². The summed E-state index contributed by atoms with van der Waals surface area (Å²) in [6.45, 7) is 17.0. The Hall–Kier alpha value is -1.07. The second-order valence-corrected chi connectivity index (χ2v) is 21.0. The van der Waals surface area contributed by atoms with Crippen molar-refractivity contribution in [1.29, 1.82) is 0 Å². The molecule has 5 nitrogen and oxygen atoms in total.